The third kappa shape index (κ3) is 3.57. The lowest BCUT2D eigenvalue weighted by molar-refractivity contribution is -0.135. The number of aliphatic carboxylic acids is 1. The summed E-state index contributed by atoms with van der Waals surface area (Å²) in [5, 5.41) is 9.94. The molecule has 3 rings (SSSR count). The second-order valence-corrected chi connectivity index (χ2v) is 6.03. The number of benzene rings is 2. The van der Waals surface area contributed by atoms with E-state index in [1.807, 2.05) is 54.6 Å². The average Bonchev–Trinajstić information content (AvgIpc) is 2.98. The third-order valence-corrected chi connectivity index (χ3v) is 4.46. The van der Waals surface area contributed by atoms with Crippen LogP contribution in [-0.4, -0.2) is 23.2 Å². The van der Waals surface area contributed by atoms with Gasteiger partial charge in [-0.3, -0.25) is 4.79 Å². The van der Waals surface area contributed by atoms with Crippen LogP contribution in [0.3, 0.4) is 0 Å². The molecule has 0 amide bonds. The minimum Gasteiger partial charge on any atom is -0.497 e. The van der Waals surface area contributed by atoms with Crippen LogP contribution in [0, 0.1) is 0 Å². The maximum atomic E-state index is 11.2. The summed E-state index contributed by atoms with van der Waals surface area (Å²) < 4.78 is 6.26. The van der Waals surface area contributed by atoms with Gasteiger partial charge in [-0.05, 0) is 41.5 Å². The molecule has 4 nitrogen and oxygen atoms in total. The number of para-hydroxylation sites is 1. The SMILES string of the molecule is COc1cccc(/C=C(/CC(=O)O)c2nc3ccccc3s2)c1. The monoisotopic (exact) mass is 325 g/mol. The Hall–Kier alpha value is -2.66. The van der Waals surface area contributed by atoms with Gasteiger partial charge in [0.1, 0.15) is 10.8 Å². The normalized spacial score (nSPS) is 11.6. The number of carboxylic acid groups (broad SMARTS) is 1. The van der Waals surface area contributed by atoms with Crippen LogP contribution in [0.2, 0.25) is 0 Å². The quantitative estimate of drug-likeness (QED) is 0.759. The molecule has 3 aromatic rings. The van der Waals surface area contributed by atoms with Crippen molar-refractivity contribution in [1.82, 2.24) is 4.98 Å². The molecule has 116 valence electrons. The first-order valence-electron chi connectivity index (χ1n) is 7.08. The summed E-state index contributed by atoms with van der Waals surface area (Å²) in [5.41, 5.74) is 2.46. The van der Waals surface area contributed by atoms with Gasteiger partial charge < -0.3 is 9.84 Å². The fourth-order valence-electron chi connectivity index (χ4n) is 2.29. The first-order valence-corrected chi connectivity index (χ1v) is 7.90. The Kier molecular flexibility index (Phi) is 4.39. The van der Waals surface area contributed by atoms with Gasteiger partial charge in [0, 0.05) is 0 Å². The molecule has 0 aliphatic carbocycles. The number of hydrogen-bond acceptors (Lipinski definition) is 4. The van der Waals surface area contributed by atoms with E-state index in [1.165, 1.54) is 11.3 Å². The lowest BCUT2D eigenvalue weighted by atomic mass is 10.1. The number of aromatic nitrogens is 1. The molecule has 23 heavy (non-hydrogen) atoms. The molecule has 0 saturated carbocycles. The van der Waals surface area contributed by atoms with Crippen LogP contribution < -0.4 is 4.74 Å². The highest BCUT2D eigenvalue weighted by Crippen LogP contribution is 2.30. The Balaban J connectivity index is 2.05. The molecule has 0 spiro atoms. The Morgan fingerprint density at radius 3 is 2.83 bits per heavy atom. The molecule has 1 N–H and O–H groups in total. The van der Waals surface area contributed by atoms with Crippen LogP contribution in [0.25, 0.3) is 21.9 Å². The molecule has 0 atom stereocenters. The van der Waals surface area contributed by atoms with Gasteiger partial charge in [0.25, 0.3) is 0 Å². The van der Waals surface area contributed by atoms with Gasteiger partial charge in [-0.1, -0.05) is 24.3 Å². The summed E-state index contributed by atoms with van der Waals surface area (Å²) in [7, 11) is 1.61. The number of carboxylic acids is 1. The van der Waals surface area contributed by atoms with Gasteiger partial charge in [-0.2, -0.15) is 0 Å². The zero-order valence-corrected chi connectivity index (χ0v) is 13.3. The van der Waals surface area contributed by atoms with Crippen LogP contribution in [0.4, 0.5) is 0 Å². The predicted octanol–water partition coefficient (Wildman–Crippen LogP) is 4.32. The molecule has 5 heteroatoms. The van der Waals surface area contributed by atoms with Crippen LogP contribution in [0.1, 0.15) is 17.0 Å². The van der Waals surface area contributed by atoms with E-state index < -0.39 is 5.97 Å². The first-order chi connectivity index (χ1) is 11.2. The Morgan fingerprint density at radius 1 is 1.26 bits per heavy atom. The zero-order chi connectivity index (χ0) is 16.2. The number of rotatable bonds is 5. The van der Waals surface area contributed by atoms with Crippen molar-refractivity contribution >= 4 is 39.2 Å². The molecule has 0 radical (unpaired) electrons. The van der Waals surface area contributed by atoms with Crippen molar-refractivity contribution < 1.29 is 14.6 Å². The summed E-state index contributed by atoms with van der Waals surface area (Å²) in [4.78, 5) is 15.8. The molecule has 0 fully saturated rings. The van der Waals surface area contributed by atoms with Crippen LogP contribution >= 0.6 is 11.3 Å². The average molecular weight is 325 g/mol. The van der Waals surface area contributed by atoms with Crippen LogP contribution in [0.5, 0.6) is 5.75 Å². The molecule has 0 aliphatic rings. The van der Waals surface area contributed by atoms with Gasteiger partial charge in [0.2, 0.25) is 0 Å². The van der Waals surface area contributed by atoms with Gasteiger partial charge >= 0.3 is 5.97 Å². The third-order valence-electron chi connectivity index (χ3n) is 3.34. The number of ether oxygens (including phenoxy) is 1. The van der Waals surface area contributed by atoms with E-state index in [2.05, 4.69) is 4.98 Å². The van der Waals surface area contributed by atoms with E-state index in [0.717, 1.165) is 26.5 Å². The second-order valence-electron chi connectivity index (χ2n) is 5.00. The highest BCUT2D eigenvalue weighted by atomic mass is 32.1. The molecule has 2 aromatic carbocycles. The van der Waals surface area contributed by atoms with Gasteiger partial charge in [-0.15, -0.1) is 11.3 Å². The minimum atomic E-state index is -0.876. The molecule has 1 heterocycles. The Morgan fingerprint density at radius 2 is 2.09 bits per heavy atom. The van der Waals surface area contributed by atoms with Gasteiger partial charge in [0.05, 0.1) is 23.7 Å². The minimum absolute atomic E-state index is 0.0724. The summed E-state index contributed by atoms with van der Waals surface area (Å²) in [6, 6.07) is 15.3. The number of thiazole rings is 1. The fraction of sp³-hybridized carbons (Fsp3) is 0.111. The molecular weight excluding hydrogens is 310 g/mol. The smallest absolute Gasteiger partial charge is 0.307 e. The van der Waals surface area contributed by atoms with Crippen molar-refractivity contribution in [2.75, 3.05) is 7.11 Å². The van der Waals surface area contributed by atoms with Crippen LogP contribution in [0.15, 0.2) is 48.5 Å². The number of hydrogen-bond donors (Lipinski definition) is 1. The molecule has 0 unspecified atom stereocenters. The highest BCUT2D eigenvalue weighted by molar-refractivity contribution is 7.19. The van der Waals surface area contributed by atoms with E-state index >= 15 is 0 Å². The Labute approximate surface area is 137 Å². The predicted molar refractivity (Wildman–Crippen MR) is 92.7 cm³/mol. The van der Waals surface area contributed by atoms with E-state index in [9.17, 15) is 9.90 Å². The number of fused-ring (bicyclic) bond motifs is 1. The number of carbonyl (C=O) groups is 1. The number of methoxy groups -OCH3 is 1. The van der Waals surface area contributed by atoms with Crippen molar-refractivity contribution in [2.45, 2.75) is 6.42 Å². The van der Waals surface area contributed by atoms with E-state index in [-0.39, 0.29) is 6.42 Å². The fourth-order valence-corrected chi connectivity index (χ4v) is 3.27. The topological polar surface area (TPSA) is 59.4 Å². The molecule has 0 aliphatic heterocycles. The first kappa shape index (κ1) is 15.2. The summed E-state index contributed by atoms with van der Waals surface area (Å²) >= 11 is 1.50. The van der Waals surface area contributed by atoms with Crippen molar-refractivity contribution in [3.63, 3.8) is 0 Å². The summed E-state index contributed by atoms with van der Waals surface area (Å²) in [6.45, 7) is 0. The number of nitrogens with zero attached hydrogens (tertiary/aromatic N) is 1. The largest absolute Gasteiger partial charge is 0.497 e. The maximum Gasteiger partial charge on any atom is 0.307 e. The van der Waals surface area contributed by atoms with Gasteiger partial charge in [0.15, 0.2) is 0 Å². The van der Waals surface area contributed by atoms with Crippen molar-refractivity contribution in [3.8, 4) is 5.75 Å². The lowest BCUT2D eigenvalue weighted by Crippen LogP contribution is -1.97. The molecule has 0 saturated heterocycles. The van der Waals surface area contributed by atoms with E-state index in [4.69, 9.17) is 4.74 Å². The summed E-state index contributed by atoms with van der Waals surface area (Å²) in [6.07, 6.45) is 1.78. The zero-order valence-electron chi connectivity index (χ0n) is 12.5. The van der Waals surface area contributed by atoms with Crippen LogP contribution in [-0.2, 0) is 4.79 Å². The van der Waals surface area contributed by atoms with Crippen molar-refractivity contribution in [2.24, 2.45) is 0 Å². The maximum absolute atomic E-state index is 11.2. The standard InChI is InChI=1S/C18H15NO3S/c1-22-14-6-4-5-12(10-14)9-13(11-17(20)21)18-19-15-7-2-3-8-16(15)23-18/h2-10H,11H2,1H3,(H,20,21)/b13-9-. The van der Waals surface area contributed by atoms with E-state index in [0.29, 0.717) is 5.57 Å². The highest BCUT2D eigenvalue weighted by Gasteiger charge is 2.12. The molecule has 1 aromatic heterocycles. The molecule has 0 bridgehead atoms. The van der Waals surface area contributed by atoms with E-state index in [1.54, 1.807) is 7.11 Å². The molecular formula is C18H15NO3S. The van der Waals surface area contributed by atoms with Crippen molar-refractivity contribution in [1.29, 1.82) is 0 Å². The Bertz CT molecular complexity index is 850. The lowest BCUT2D eigenvalue weighted by Gasteiger charge is -2.04. The second kappa shape index (κ2) is 6.62. The summed E-state index contributed by atoms with van der Waals surface area (Å²) in [5.74, 6) is -0.142. The van der Waals surface area contributed by atoms with Crippen molar-refractivity contribution in [3.05, 3.63) is 59.1 Å². The van der Waals surface area contributed by atoms with Gasteiger partial charge in [-0.25, -0.2) is 4.98 Å².